The van der Waals surface area contributed by atoms with Crippen LogP contribution in [0.25, 0.3) is 0 Å². The van der Waals surface area contributed by atoms with Crippen LogP contribution in [0.4, 0.5) is 0 Å². The van der Waals surface area contributed by atoms with E-state index in [9.17, 15) is 0 Å². The Morgan fingerprint density at radius 2 is 1.07 bits per heavy atom. The van der Waals surface area contributed by atoms with Crippen molar-refractivity contribution < 1.29 is 8.85 Å². The Kier molecular flexibility index (Phi) is 5.24. The highest BCUT2D eigenvalue weighted by atomic mass is 28.4. The van der Waals surface area contributed by atoms with Gasteiger partial charge in [0.25, 0.3) is 0 Å². The van der Waals surface area contributed by atoms with Gasteiger partial charge in [0, 0.05) is 17.9 Å². The minimum atomic E-state index is -1.67. The molecule has 0 amide bonds. The molecule has 0 atom stereocenters. The van der Waals surface area contributed by atoms with Crippen LogP contribution < -0.4 is 0 Å². The fraction of sp³-hybridized carbons (Fsp3) is 1.00. The molecule has 0 N–H and O–H groups in total. The molecule has 0 spiro atoms. The van der Waals surface area contributed by atoms with Crippen LogP contribution in [0.2, 0.25) is 30.8 Å². The van der Waals surface area contributed by atoms with Gasteiger partial charge in [-0.1, -0.05) is 13.8 Å². The smallest absolute Gasteiger partial charge is 0.191 e. The highest BCUT2D eigenvalue weighted by Gasteiger charge is 2.53. The largest absolute Gasteiger partial charge is 0.417 e. The molecule has 4 heteroatoms. The van der Waals surface area contributed by atoms with Gasteiger partial charge in [-0.05, 0) is 40.0 Å². The summed E-state index contributed by atoms with van der Waals surface area (Å²) in [6, 6.07) is 0. The average molecular weight is 249 g/mol. The van der Waals surface area contributed by atoms with Gasteiger partial charge in [0.15, 0.2) is 16.6 Å². The third kappa shape index (κ3) is 3.15. The molecule has 92 valence electrons. The van der Waals surface area contributed by atoms with Crippen LogP contribution in [-0.2, 0) is 8.85 Å². The average Bonchev–Trinajstić information content (AvgIpc) is 2.03. The van der Waals surface area contributed by atoms with Crippen LogP contribution in [0.5, 0.6) is 0 Å². The maximum absolute atomic E-state index is 6.02. The summed E-state index contributed by atoms with van der Waals surface area (Å²) in [4.78, 5) is 0. The molecule has 0 aromatic rings. The first-order valence-electron chi connectivity index (χ1n) is 5.90. The Bertz CT molecular complexity index is 181. The van der Waals surface area contributed by atoms with Gasteiger partial charge in [-0.2, -0.15) is 0 Å². The third-order valence-corrected chi connectivity index (χ3v) is 15.7. The van der Waals surface area contributed by atoms with Crippen LogP contribution in [0, 0.1) is 0 Å². The van der Waals surface area contributed by atoms with E-state index >= 15 is 0 Å². The van der Waals surface area contributed by atoms with Crippen molar-refractivity contribution in [2.75, 3.05) is 13.2 Å². The lowest BCUT2D eigenvalue weighted by Gasteiger charge is -2.47. The van der Waals surface area contributed by atoms with E-state index in [2.05, 4.69) is 53.9 Å². The van der Waals surface area contributed by atoms with Crippen LogP contribution in [-0.4, -0.2) is 29.8 Å². The molecule has 0 fully saturated rings. The Morgan fingerprint density at radius 1 is 0.800 bits per heavy atom. The Morgan fingerprint density at radius 3 is 1.27 bits per heavy atom. The van der Waals surface area contributed by atoms with Gasteiger partial charge in [0.05, 0.1) is 0 Å². The molecule has 15 heavy (non-hydrogen) atoms. The Labute approximate surface area is 97.6 Å². The van der Waals surface area contributed by atoms with Crippen molar-refractivity contribution in [3.05, 3.63) is 0 Å². The topological polar surface area (TPSA) is 18.5 Å². The van der Waals surface area contributed by atoms with Crippen molar-refractivity contribution >= 4 is 16.6 Å². The molecule has 0 heterocycles. The molecule has 0 rings (SSSR count). The van der Waals surface area contributed by atoms with Gasteiger partial charge in [-0.25, -0.2) is 0 Å². The summed E-state index contributed by atoms with van der Waals surface area (Å²) in [7, 11) is -3.33. The molecule has 2 nitrogen and oxygen atoms in total. The summed E-state index contributed by atoms with van der Waals surface area (Å²) in [6.07, 6.45) is 0. The summed E-state index contributed by atoms with van der Waals surface area (Å²) >= 11 is 0. The van der Waals surface area contributed by atoms with Gasteiger partial charge in [-0.15, -0.1) is 0 Å². The number of rotatable bonds is 6. The lowest BCUT2D eigenvalue weighted by molar-refractivity contribution is 0.288. The summed E-state index contributed by atoms with van der Waals surface area (Å²) in [6.45, 7) is 19.7. The van der Waals surface area contributed by atoms with Gasteiger partial charge >= 0.3 is 0 Å². The molecule has 0 aliphatic carbocycles. The first-order valence-corrected chi connectivity index (χ1v) is 11.7. The number of hydrogen-bond acceptors (Lipinski definition) is 2. The van der Waals surface area contributed by atoms with Gasteiger partial charge in [0.2, 0.25) is 0 Å². The van der Waals surface area contributed by atoms with Crippen molar-refractivity contribution in [1.82, 2.24) is 0 Å². The summed E-state index contributed by atoms with van der Waals surface area (Å²) in [5.74, 6) is 0. The fourth-order valence-electron chi connectivity index (χ4n) is 1.81. The second-order valence-electron chi connectivity index (χ2n) is 5.51. The van der Waals surface area contributed by atoms with E-state index in [0.717, 1.165) is 13.2 Å². The molecular formula is C11H28O2Si2. The maximum atomic E-state index is 6.02. The van der Waals surface area contributed by atoms with Crippen molar-refractivity contribution in [1.29, 1.82) is 0 Å². The second kappa shape index (κ2) is 5.12. The summed E-state index contributed by atoms with van der Waals surface area (Å²) < 4.78 is 12.3. The van der Waals surface area contributed by atoms with Crippen LogP contribution >= 0.6 is 0 Å². The standard InChI is InChI=1S/C11H28O2Si2/c1-9-12-14(5,6)11(3,4)15(7,8)13-10-2/h9-10H2,1-8H3. The zero-order chi connectivity index (χ0) is 12.3. The van der Waals surface area contributed by atoms with Crippen LogP contribution in [0.3, 0.4) is 0 Å². The molecule has 0 saturated heterocycles. The monoisotopic (exact) mass is 248 g/mol. The normalized spacial score (nSPS) is 14.4. The zero-order valence-electron chi connectivity index (χ0n) is 11.7. The van der Waals surface area contributed by atoms with E-state index < -0.39 is 16.6 Å². The molecule has 0 saturated carbocycles. The van der Waals surface area contributed by atoms with Crippen molar-refractivity contribution in [3.63, 3.8) is 0 Å². The lowest BCUT2D eigenvalue weighted by atomic mass is 10.5. The highest BCUT2D eigenvalue weighted by Crippen LogP contribution is 2.46. The van der Waals surface area contributed by atoms with Crippen LogP contribution in [0.15, 0.2) is 0 Å². The molecule has 0 aliphatic rings. The predicted molar refractivity (Wildman–Crippen MR) is 72.3 cm³/mol. The third-order valence-electron chi connectivity index (χ3n) is 4.02. The first-order chi connectivity index (χ1) is 6.62. The molecule has 0 unspecified atom stereocenters. The van der Waals surface area contributed by atoms with Crippen molar-refractivity contribution in [2.45, 2.75) is 58.5 Å². The highest BCUT2D eigenvalue weighted by molar-refractivity contribution is 6.94. The van der Waals surface area contributed by atoms with E-state index in [1.165, 1.54) is 0 Å². The first kappa shape index (κ1) is 15.4. The lowest BCUT2D eigenvalue weighted by Crippen LogP contribution is -2.57. The maximum Gasteiger partial charge on any atom is 0.191 e. The Hall–Kier alpha value is 0.354. The van der Waals surface area contributed by atoms with Crippen molar-refractivity contribution in [3.8, 4) is 0 Å². The zero-order valence-corrected chi connectivity index (χ0v) is 13.7. The molecule has 0 aromatic heterocycles. The molecule has 0 bridgehead atoms. The second-order valence-corrected chi connectivity index (χ2v) is 15.1. The minimum Gasteiger partial charge on any atom is -0.417 e. The molecular weight excluding hydrogens is 220 g/mol. The van der Waals surface area contributed by atoms with E-state index in [1.54, 1.807) is 0 Å². The van der Waals surface area contributed by atoms with Crippen molar-refractivity contribution in [2.24, 2.45) is 0 Å². The number of hydrogen-bond donors (Lipinski definition) is 0. The van der Waals surface area contributed by atoms with E-state index in [0.29, 0.717) is 0 Å². The SMILES string of the molecule is CCO[Si](C)(C)C(C)(C)[Si](C)(C)OCC. The summed E-state index contributed by atoms with van der Waals surface area (Å²) in [5.41, 5.74) is 0. The minimum absolute atomic E-state index is 0.228. The van der Waals surface area contributed by atoms with E-state index in [-0.39, 0.29) is 4.66 Å². The molecule has 0 aromatic carbocycles. The molecule has 0 radical (unpaired) electrons. The van der Waals surface area contributed by atoms with Gasteiger partial charge in [0.1, 0.15) is 0 Å². The van der Waals surface area contributed by atoms with E-state index in [1.807, 2.05) is 0 Å². The van der Waals surface area contributed by atoms with Crippen LogP contribution in [0.1, 0.15) is 27.7 Å². The molecule has 0 aliphatic heterocycles. The fourth-order valence-corrected chi connectivity index (χ4v) is 10.2. The Balaban J connectivity index is 4.93. The predicted octanol–water partition coefficient (Wildman–Crippen LogP) is 3.79. The summed E-state index contributed by atoms with van der Waals surface area (Å²) in [5, 5.41) is 0. The van der Waals surface area contributed by atoms with E-state index in [4.69, 9.17) is 8.85 Å². The van der Waals surface area contributed by atoms with Gasteiger partial charge < -0.3 is 8.85 Å². The van der Waals surface area contributed by atoms with Gasteiger partial charge in [-0.3, -0.25) is 0 Å². The quantitative estimate of drug-likeness (QED) is 0.666.